The van der Waals surface area contributed by atoms with E-state index >= 15 is 0 Å². The number of carbonyl (C=O) groups excluding carboxylic acids is 1. The van der Waals surface area contributed by atoms with Crippen LogP contribution in [0, 0.1) is 0 Å². The molecule has 0 radical (unpaired) electrons. The van der Waals surface area contributed by atoms with Crippen LogP contribution in [0.3, 0.4) is 0 Å². The third-order valence-electron chi connectivity index (χ3n) is 2.26. The summed E-state index contributed by atoms with van der Waals surface area (Å²) in [6.07, 6.45) is 1.54. The highest BCUT2D eigenvalue weighted by atomic mass is 79.9. The van der Waals surface area contributed by atoms with Gasteiger partial charge in [-0.25, -0.2) is 4.98 Å². The maximum absolute atomic E-state index is 11.7. The summed E-state index contributed by atoms with van der Waals surface area (Å²) < 4.78 is 6.01. The van der Waals surface area contributed by atoms with Gasteiger partial charge in [0.2, 0.25) is 0 Å². The van der Waals surface area contributed by atoms with Crippen molar-refractivity contribution in [3.63, 3.8) is 0 Å². The fourth-order valence-electron chi connectivity index (χ4n) is 1.38. The van der Waals surface area contributed by atoms with Crippen molar-refractivity contribution in [2.75, 3.05) is 11.9 Å². The molecule has 0 unspecified atom stereocenters. The molecule has 4 nitrogen and oxygen atoms in total. The first-order valence-electron chi connectivity index (χ1n) is 5.54. The number of hydrogen-bond donors (Lipinski definition) is 1. The zero-order valence-electron chi connectivity index (χ0n) is 10.1. The Kier molecular flexibility index (Phi) is 5.23. The topological polar surface area (TPSA) is 51.2 Å². The average molecular weight is 376 g/mol. The van der Waals surface area contributed by atoms with Gasteiger partial charge in [0.05, 0.1) is 16.9 Å². The van der Waals surface area contributed by atoms with Crippen molar-refractivity contribution >= 4 is 50.7 Å². The summed E-state index contributed by atoms with van der Waals surface area (Å²) in [6.45, 7) is -0.171. The van der Waals surface area contributed by atoms with Crippen LogP contribution < -0.4 is 10.1 Å². The standard InChI is InChI=1S/C13H9BrCl2N2O2/c14-12-4-2-9(6-17-12)18-13(19)7-20-11-5-8(15)1-3-10(11)16/h1-6H,7H2,(H,18,19). The Labute approximate surface area is 134 Å². The van der Waals surface area contributed by atoms with Crippen LogP contribution in [-0.4, -0.2) is 17.5 Å². The first-order valence-corrected chi connectivity index (χ1v) is 7.09. The van der Waals surface area contributed by atoms with Crippen LogP contribution in [0.4, 0.5) is 5.69 Å². The second-order valence-electron chi connectivity index (χ2n) is 3.78. The van der Waals surface area contributed by atoms with Gasteiger partial charge in [-0.1, -0.05) is 23.2 Å². The lowest BCUT2D eigenvalue weighted by atomic mass is 10.3. The van der Waals surface area contributed by atoms with E-state index in [1.165, 1.54) is 6.20 Å². The van der Waals surface area contributed by atoms with Crippen LogP contribution in [0.5, 0.6) is 5.75 Å². The summed E-state index contributed by atoms with van der Waals surface area (Å²) in [4.78, 5) is 15.7. The highest BCUT2D eigenvalue weighted by Gasteiger charge is 2.07. The maximum atomic E-state index is 11.7. The predicted octanol–water partition coefficient (Wildman–Crippen LogP) is 4.17. The molecule has 0 saturated carbocycles. The van der Waals surface area contributed by atoms with E-state index in [0.29, 0.717) is 26.1 Å². The Hall–Kier alpha value is -1.30. The molecule has 0 bridgehead atoms. The van der Waals surface area contributed by atoms with E-state index in [4.69, 9.17) is 27.9 Å². The average Bonchev–Trinajstić information content (AvgIpc) is 2.42. The number of rotatable bonds is 4. The van der Waals surface area contributed by atoms with Gasteiger partial charge in [0, 0.05) is 11.1 Å². The SMILES string of the molecule is O=C(COc1cc(Cl)ccc1Cl)Nc1ccc(Br)nc1. The second-order valence-corrected chi connectivity index (χ2v) is 5.44. The zero-order chi connectivity index (χ0) is 14.5. The molecule has 1 N–H and O–H groups in total. The Morgan fingerprint density at radius 3 is 2.80 bits per heavy atom. The second kappa shape index (κ2) is 6.92. The molecule has 1 heterocycles. The van der Waals surface area contributed by atoms with Crippen LogP contribution >= 0.6 is 39.1 Å². The van der Waals surface area contributed by atoms with E-state index in [2.05, 4.69) is 26.2 Å². The zero-order valence-corrected chi connectivity index (χ0v) is 13.2. The van der Waals surface area contributed by atoms with E-state index in [1.54, 1.807) is 30.3 Å². The van der Waals surface area contributed by atoms with Gasteiger partial charge in [0.15, 0.2) is 6.61 Å². The highest BCUT2D eigenvalue weighted by molar-refractivity contribution is 9.10. The van der Waals surface area contributed by atoms with E-state index in [0.717, 1.165) is 0 Å². The third kappa shape index (κ3) is 4.37. The Bertz CT molecular complexity index is 620. The van der Waals surface area contributed by atoms with Crippen LogP contribution in [0.15, 0.2) is 41.1 Å². The number of nitrogens with one attached hydrogen (secondary N) is 1. The molecule has 7 heteroatoms. The minimum atomic E-state index is -0.315. The molecule has 1 amide bonds. The van der Waals surface area contributed by atoms with E-state index in [9.17, 15) is 4.79 Å². The molecule has 1 aromatic heterocycles. The molecule has 0 spiro atoms. The van der Waals surface area contributed by atoms with Gasteiger partial charge >= 0.3 is 0 Å². The van der Waals surface area contributed by atoms with Crippen molar-refractivity contribution in [2.45, 2.75) is 0 Å². The number of hydrogen-bond acceptors (Lipinski definition) is 3. The molecule has 0 saturated heterocycles. The number of anilines is 1. The predicted molar refractivity (Wildman–Crippen MR) is 82.5 cm³/mol. The molecule has 104 valence electrons. The van der Waals surface area contributed by atoms with Crippen LogP contribution in [0.1, 0.15) is 0 Å². The first kappa shape index (κ1) is 15.1. The molecule has 0 fully saturated rings. The number of ether oxygens (including phenoxy) is 1. The van der Waals surface area contributed by atoms with Gasteiger partial charge in [0.25, 0.3) is 5.91 Å². The lowest BCUT2D eigenvalue weighted by Gasteiger charge is -2.09. The van der Waals surface area contributed by atoms with Crippen molar-refractivity contribution in [3.05, 3.63) is 51.2 Å². The lowest BCUT2D eigenvalue weighted by Crippen LogP contribution is -2.20. The maximum Gasteiger partial charge on any atom is 0.262 e. The van der Waals surface area contributed by atoms with Crippen molar-refractivity contribution in [2.24, 2.45) is 0 Å². The normalized spacial score (nSPS) is 10.2. The lowest BCUT2D eigenvalue weighted by molar-refractivity contribution is -0.118. The Balaban J connectivity index is 1.92. The van der Waals surface area contributed by atoms with Crippen molar-refractivity contribution in [1.29, 1.82) is 0 Å². The number of benzene rings is 1. The molecule has 1 aromatic carbocycles. The van der Waals surface area contributed by atoms with Gasteiger partial charge < -0.3 is 10.1 Å². The van der Waals surface area contributed by atoms with E-state index in [-0.39, 0.29) is 12.5 Å². The molecule has 0 aliphatic heterocycles. The number of carbonyl (C=O) groups is 1. The van der Waals surface area contributed by atoms with Crippen molar-refractivity contribution in [1.82, 2.24) is 4.98 Å². The first-order chi connectivity index (χ1) is 9.54. The van der Waals surface area contributed by atoms with Gasteiger partial charge in [-0.2, -0.15) is 0 Å². The van der Waals surface area contributed by atoms with Gasteiger partial charge in [-0.15, -0.1) is 0 Å². The molecule has 0 aliphatic rings. The van der Waals surface area contributed by atoms with Gasteiger partial charge in [0.1, 0.15) is 10.4 Å². The molecule has 0 aliphatic carbocycles. The summed E-state index contributed by atoms with van der Waals surface area (Å²) in [6, 6.07) is 8.25. The smallest absolute Gasteiger partial charge is 0.262 e. The number of halogens is 3. The monoisotopic (exact) mass is 374 g/mol. The number of pyridine rings is 1. The van der Waals surface area contributed by atoms with Gasteiger partial charge in [-0.05, 0) is 40.2 Å². The summed E-state index contributed by atoms with van der Waals surface area (Å²) in [5.41, 5.74) is 0.582. The summed E-state index contributed by atoms with van der Waals surface area (Å²) in [5.74, 6) is 0.0495. The Morgan fingerprint density at radius 2 is 2.10 bits per heavy atom. The summed E-state index contributed by atoms with van der Waals surface area (Å²) in [7, 11) is 0. The molecule has 2 rings (SSSR count). The van der Waals surface area contributed by atoms with Crippen LogP contribution in [0.2, 0.25) is 10.0 Å². The summed E-state index contributed by atoms with van der Waals surface area (Å²) >= 11 is 15.0. The highest BCUT2D eigenvalue weighted by Crippen LogP contribution is 2.27. The fourth-order valence-corrected chi connectivity index (χ4v) is 1.95. The molecular formula is C13H9BrCl2N2O2. The van der Waals surface area contributed by atoms with Crippen molar-refractivity contribution in [3.8, 4) is 5.75 Å². The molecule has 0 atom stereocenters. The fraction of sp³-hybridized carbons (Fsp3) is 0.0769. The third-order valence-corrected chi connectivity index (χ3v) is 3.28. The molecular weight excluding hydrogens is 367 g/mol. The quantitative estimate of drug-likeness (QED) is 0.816. The van der Waals surface area contributed by atoms with Crippen molar-refractivity contribution < 1.29 is 9.53 Å². The van der Waals surface area contributed by atoms with Crippen LogP contribution in [0.25, 0.3) is 0 Å². The Morgan fingerprint density at radius 1 is 1.30 bits per heavy atom. The van der Waals surface area contributed by atoms with Crippen LogP contribution in [-0.2, 0) is 4.79 Å². The largest absolute Gasteiger partial charge is 0.482 e. The van der Waals surface area contributed by atoms with E-state index in [1.807, 2.05) is 0 Å². The summed E-state index contributed by atoms with van der Waals surface area (Å²) in [5, 5.41) is 3.53. The number of nitrogens with zero attached hydrogens (tertiary/aromatic N) is 1. The van der Waals surface area contributed by atoms with Gasteiger partial charge in [-0.3, -0.25) is 4.79 Å². The minimum Gasteiger partial charge on any atom is -0.482 e. The molecule has 20 heavy (non-hydrogen) atoms. The molecule has 2 aromatic rings. The van der Waals surface area contributed by atoms with E-state index < -0.39 is 0 Å². The number of amides is 1. The number of aromatic nitrogens is 1. The minimum absolute atomic E-state index is 0.171.